The number of aromatic nitrogens is 2. The third-order valence-corrected chi connectivity index (χ3v) is 2.65. The van der Waals surface area contributed by atoms with Gasteiger partial charge in [-0.05, 0) is 37.9 Å². The third kappa shape index (κ3) is 4.19. The minimum atomic E-state index is -0.379. The van der Waals surface area contributed by atoms with Crippen LogP contribution in [0.4, 0.5) is 0 Å². The Balaban J connectivity index is 2.38. The molecule has 1 heterocycles. The van der Waals surface area contributed by atoms with Gasteiger partial charge in [0.2, 0.25) is 11.1 Å². The SMILES string of the molecule is Cc1ccnn1C(C)C(=O)NCCCC(=O)Cl. The van der Waals surface area contributed by atoms with Crippen LogP contribution < -0.4 is 5.32 Å². The lowest BCUT2D eigenvalue weighted by Gasteiger charge is -2.14. The van der Waals surface area contributed by atoms with Crippen LogP contribution in [0.1, 0.15) is 31.5 Å². The van der Waals surface area contributed by atoms with E-state index in [1.165, 1.54) is 0 Å². The van der Waals surface area contributed by atoms with E-state index in [2.05, 4.69) is 10.4 Å². The Morgan fingerprint density at radius 3 is 2.82 bits per heavy atom. The molecule has 1 aromatic rings. The van der Waals surface area contributed by atoms with Crippen molar-refractivity contribution in [1.82, 2.24) is 15.1 Å². The molecular weight excluding hydrogens is 242 g/mol. The smallest absolute Gasteiger partial charge is 0.244 e. The van der Waals surface area contributed by atoms with Crippen LogP contribution in [0.25, 0.3) is 0 Å². The fourth-order valence-corrected chi connectivity index (χ4v) is 1.62. The summed E-state index contributed by atoms with van der Waals surface area (Å²) >= 11 is 5.19. The fraction of sp³-hybridized carbons (Fsp3) is 0.545. The van der Waals surface area contributed by atoms with Crippen LogP contribution in [0.2, 0.25) is 0 Å². The molecule has 1 unspecified atom stereocenters. The highest BCUT2D eigenvalue weighted by Crippen LogP contribution is 2.07. The van der Waals surface area contributed by atoms with Crippen molar-refractivity contribution in [3.8, 4) is 0 Å². The van der Waals surface area contributed by atoms with Crippen molar-refractivity contribution in [3.05, 3.63) is 18.0 Å². The molecule has 0 aromatic carbocycles. The van der Waals surface area contributed by atoms with Gasteiger partial charge in [-0.15, -0.1) is 0 Å². The van der Waals surface area contributed by atoms with E-state index in [1.54, 1.807) is 17.8 Å². The normalized spacial score (nSPS) is 12.2. The summed E-state index contributed by atoms with van der Waals surface area (Å²) in [6, 6.07) is 1.49. The molecule has 5 nitrogen and oxygen atoms in total. The van der Waals surface area contributed by atoms with Gasteiger partial charge in [-0.1, -0.05) is 0 Å². The zero-order valence-electron chi connectivity index (χ0n) is 9.94. The highest BCUT2D eigenvalue weighted by atomic mass is 35.5. The summed E-state index contributed by atoms with van der Waals surface area (Å²) in [4.78, 5) is 22.2. The quantitative estimate of drug-likeness (QED) is 0.619. The van der Waals surface area contributed by atoms with Crippen LogP contribution in [-0.4, -0.2) is 27.5 Å². The molecule has 0 radical (unpaired) electrons. The van der Waals surface area contributed by atoms with Gasteiger partial charge in [0.05, 0.1) is 0 Å². The molecule has 1 amide bonds. The summed E-state index contributed by atoms with van der Waals surface area (Å²) in [6.07, 6.45) is 2.49. The zero-order chi connectivity index (χ0) is 12.8. The van der Waals surface area contributed by atoms with E-state index >= 15 is 0 Å². The molecule has 1 atom stereocenters. The van der Waals surface area contributed by atoms with E-state index in [9.17, 15) is 9.59 Å². The van der Waals surface area contributed by atoms with Gasteiger partial charge in [-0.2, -0.15) is 5.10 Å². The molecule has 0 aliphatic carbocycles. The molecule has 94 valence electrons. The monoisotopic (exact) mass is 257 g/mol. The number of rotatable bonds is 6. The second kappa shape index (κ2) is 6.39. The highest BCUT2D eigenvalue weighted by Gasteiger charge is 2.15. The summed E-state index contributed by atoms with van der Waals surface area (Å²) in [5.41, 5.74) is 0.934. The van der Waals surface area contributed by atoms with Crippen LogP contribution >= 0.6 is 11.6 Å². The predicted octanol–water partition coefficient (Wildman–Crippen LogP) is 1.41. The molecule has 0 saturated carbocycles. The number of aryl methyl sites for hydroxylation is 1. The lowest BCUT2D eigenvalue weighted by molar-refractivity contribution is -0.124. The number of carbonyl (C=O) groups is 2. The van der Waals surface area contributed by atoms with Crippen molar-refractivity contribution in [2.45, 2.75) is 32.7 Å². The lowest BCUT2D eigenvalue weighted by Crippen LogP contribution is -2.32. The second-order valence-corrected chi connectivity index (χ2v) is 4.26. The van der Waals surface area contributed by atoms with Gasteiger partial charge in [-0.3, -0.25) is 14.3 Å². The maximum atomic E-state index is 11.7. The van der Waals surface area contributed by atoms with Crippen molar-refractivity contribution in [3.63, 3.8) is 0 Å². The molecule has 0 aliphatic rings. The number of amides is 1. The molecule has 6 heteroatoms. The second-order valence-electron chi connectivity index (χ2n) is 3.84. The summed E-state index contributed by atoms with van der Waals surface area (Å²) in [5, 5.41) is 6.44. The molecule has 1 aromatic heterocycles. The zero-order valence-corrected chi connectivity index (χ0v) is 10.7. The first kappa shape index (κ1) is 13.7. The minimum absolute atomic E-state index is 0.112. The molecule has 0 aliphatic heterocycles. The number of hydrogen-bond acceptors (Lipinski definition) is 3. The van der Waals surface area contributed by atoms with Gasteiger partial charge in [0.25, 0.3) is 0 Å². The molecule has 17 heavy (non-hydrogen) atoms. The maximum absolute atomic E-state index is 11.7. The Hall–Kier alpha value is -1.36. The number of carbonyl (C=O) groups excluding carboxylic acids is 2. The van der Waals surface area contributed by atoms with Crippen molar-refractivity contribution in [2.75, 3.05) is 6.54 Å². The largest absolute Gasteiger partial charge is 0.354 e. The van der Waals surface area contributed by atoms with E-state index in [-0.39, 0.29) is 23.6 Å². The summed E-state index contributed by atoms with van der Waals surface area (Å²) in [7, 11) is 0. The van der Waals surface area contributed by atoms with Gasteiger partial charge in [0, 0.05) is 24.9 Å². The van der Waals surface area contributed by atoms with Gasteiger partial charge in [0.15, 0.2) is 0 Å². The van der Waals surface area contributed by atoms with Crippen molar-refractivity contribution in [1.29, 1.82) is 0 Å². The molecule has 0 saturated heterocycles. The van der Waals surface area contributed by atoms with E-state index in [1.807, 2.05) is 13.0 Å². The van der Waals surface area contributed by atoms with Crippen molar-refractivity contribution in [2.24, 2.45) is 0 Å². The number of halogens is 1. The van der Waals surface area contributed by atoms with Gasteiger partial charge in [0.1, 0.15) is 6.04 Å². The number of nitrogens with zero attached hydrogens (tertiary/aromatic N) is 2. The minimum Gasteiger partial charge on any atom is -0.354 e. The first-order chi connectivity index (χ1) is 8.02. The number of nitrogens with one attached hydrogen (secondary N) is 1. The van der Waals surface area contributed by atoms with Crippen LogP contribution in [0.3, 0.4) is 0 Å². The Morgan fingerprint density at radius 1 is 1.59 bits per heavy atom. The van der Waals surface area contributed by atoms with E-state index in [0.717, 1.165) is 5.69 Å². The first-order valence-corrected chi connectivity index (χ1v) is 5.86. The van der Waals surface area contributed by atoms with Gasteiger partial charge >= 0.3 is 0 Å². The van der Waals surface area contributed by atoms with Gasteiger partial charge in [-0.25, -0.2) is 0 Å². The number of hydrogen-bond donors (Lipinski definition) is 1. The average Bonchev–Trinajstić information content (AvgIpc) is 2.69. The fourth-order valence-electron chi connectivity index (χ4n) is 1.48. The van der Waals surface area contributed by atoms with E-state index < -0.39 is 0 Å². The van der Waals surface area contributed by atoms with Crippen LogP contribution in [0, 0.1) is 6.92 Å². The summed E-state index contributed by atoms with van der Waals surface area (Å²) in [5.74, 6) is -0.112. The van der Waals surface area contributed by atoms with Crippen molar-refractivity contribution >= 4 is 22.8 Å². The summed E-state index contributed by atoms with van der Waals surface area (Å²) in [6.45, 7) is 4.12. The maximum Gasteiger partial charge on any atom is 0.244 e. The highest BCUT2D eigenvalue weighted by molar-refractivity contribution is 6.63. The molecule has 0 spiro atoms. The van der Waals surface area contributed by atoms with Crippen LogP contribution in [0.15, 0.2) is 12.3 Å². The molecule has 0 bridgehead atoms. The standard InChI is InChI=1S/C11H16ClN3O2/c1-8-5-7-14-15(8)9(2)11(17)13-6-3-4-10(12)16/h5,7,9H,3-4,6H2,1-2H3,(H,13,17). The van der Waals surface area contributed by atoms with Gasteiger partial charge < -0.3 is 5.32 Å². The molecule has 0 fully saturated rings. The molecular formula is C11H16ClN3O2. The first-order valence-electron chi connectivity index (χ1n) is 5.48. The predicted molar refractivity (Wildman–Crippen MR) is 64.8 cm³/mol. The lowest BCUT2D eigenvalue weighted by atomic mass is 10.3. The Kier molecular flexibility index (Phi) is 5.15. The van der Waals surface area contributed by atoms with Crippen molar-refractivity contribution < 1.29 is 9.59 Å². The topological polar surface area (TPSA) is 64.0 Å². The molecule has 1 N–H and O–H groups in total. The Morgan fingerprint density at radius 2 is 2.29 bits per heavy atom. The summed E-state index contributed by atoms with van der Waals surface area (Å²) < 4.78 is 1.65. The Labute approximate surface area is 105 Å². The van der Waals surface area contributed by atoms with E-state index in [4.69, 9.17) is 11.6 Å². The van der Waals surface area contributed by atoms with Crippen LogP contribution in [-0.2, 0) is 9.59 Å². The average molecular weight is 258 g/mol. The Bertz CT molecular complexity index is 403. The van der Waals surface area contributed by atoms with Crippen LogP contribution in [0.5, 0.6) is 0 Å². The van der Waals surface area contributed by atoms with E-state index in [0.29, 0.717) is 13.0 Å². The molecule has 1 rings (SSSR count). The third-order valence-electron chi connectivity index (χ3n) is 2.46.